The number of thiocarbonyl (C=S) groups is 1. The summed E-state index contributed by atoms with van der Waals surface area (Å²) in [6, 6.07) is 5.77. The Morgan fingerprint density at radius 2 is 2.00 bits per heavy atom. The number of rotatable bonds is 8. The quantitative estimate of drug-likeness (QED) is 0.556. The number of aromatic nitrogens is 1. The first-order valence-electron chi connectivity index (χ1n) is 6.41. The van der Waals surface area contributed by atoms with Crippen LogP contribution in [0.25, 0.3) is 0 Å². The van der Waals surface area contributed by atoms with Crippen LogP contribution in [0.1, 0.15) is 19.5 Å². The largest absolute Gasteiger partial charge is 0.358 e. The van der Waals surface area contributed by atoms with Gasteiger partial charge in [-0.15, -0.1) is 0 Å². The van der Waals surface area contributed by atoms with Crippen LogP contribution in [0.15, 0.2) is 24.4 Å². The fraction of sp³-hybridized carbons (Fsp3) is 0.538. The van der Waals surface area contributed by atoms with Crippen LogP contribution in [0.4, 0.5) is 0 Å². The molecule has 0 saturated carbocycles. The highest BCUT2D eigenvalue weighted by atomic mass is 32.1. The highest BCUT2D eigenvalue weighted by Gasteiger charge is 2.08. The van der Waals surface area contributed by atoms with Crippen molar-refractivity contribution in [2.75, 3.05) is 19.8 Å². The van der Waals surface area contributed by atoms with Gasteiger partial charge in [-0.2, -0.15) is 0 Å². The number of nitrogens with zero attached hydrogens (tertiary/aromatic N) is 1. The number of pyridine rings is 1. The summed E-state index contributed by atoms with van der Waals surface area (Å²) in [5.74, 6) is 0. The second kappa shape index (κ2) is 9.66. The molecule has 0 amide bonds. The van der Waals surface area contributed by atoms with Crippen molar-refractivity contribution in [2.24, 2.45) is 0 Å². The maximum Gasteiger partial charge on any atom is 0.174 e. The second-order valence-electron chi connectivity index (χ2n) is 3.72. The summed E-state index contributed by atoms with van der Waals surface area (Å²) in [5.41, 5.74) is 0.942. The molecule has 5 nitrogen and oxygen atoms in total. The molecule has 1 heterocycles. The summed E-state index contributed by atoms with van der Waals surface area (Å²) in [7, 11) is 0. The first-order valence-corrected chi connectivity index (χ1v) is 6.81. The molecule has 0 aliphatic carbocycles. The molecule has 0 fully saturated rings. The summed E-state index contributed by atoms with van der Waals surface area (Å²) in [4.78, 5) is 4.21. The molecule has 0 saturated heterocycles. The van der Waals surface area contributed by atoms with Gasteiger partial charge in [-0.1, -0.05) is 6.07 Å². The van der Waals surface area contributed by atoms with Gasteiger partial charge >= 0.3 is 0 Å². The molecule has 0 radical (unpaired) electrons. The predicted octanol–water partition coefficient (Wildman–Crippen LogP) is 1.44. The SMILES string of the molecule is CCOC(CNC(=S)NCc1ccccn1)OCC. The Morgan fingerprint density at radius 3 is 2.58 bits per heavy atom. The van der Waals surface area contributed by atoms with Gasteiger partial charge in [0.2, 0.25) is 0 Å². The van der Waals surface area contributed by atoms with Crippen LogP contribution < -0.4 is 10.6 Å². The first kappa shape index (κ1) is 15.8. The first-order chi connectivity index (χ1) is 9.26. The average molecular weight is 283 g/mol. The average Bonchev–Trinajstić information content (AvgIpc) is 2.44. The zero-order valence-corrected chi connectivity index (χ0v) is 12.2. The van der Waals surface area contributed by atoms with E-state index in [1.165, 1.54) is 0 Å². The molecule has 0 aliphatic heterocycles. The van der Waals surface area contributed by atoms with Crippen LogP contribution in [-0.2, 0) is 16.0 Å². The highest BCUT2D eigenvalue weighted by molar-refractivity contribution is 7.80. The van der Waals surface area contributed by atoms with Gasteiger partial charge in [0.15, 0.2) is 11.4 Å². The van der Waals surface area contributed by atoms with E-state index >= 15 is 0 Å². The summed E-state index contributed by atoms with van der Waals surface area (Å²) in [6.45, 7) is 6.21. The van der Waals surface area contributed by atoms with Crippen molar-refractivity contribution in [1.82, 2.24) is 15.6 Å². The molecule has 19 heavy (non-hydrogen) atoms. The minimum Gasteiger partial charge on any atom is -0.358 e. The lowest BCUT2D eigenvalue weighted by atomic mass is 10.3. The third-order valence-corrected chi connectivity index (χ3v) is 2.58. The molecule has 0 aliphatic rings. The van der Waals surface area contributed by atoms with E-state index in [2.05, 4.69) is 15.6 Å². The zero-order chi connectivity index (χ0) is 13.9. The topological polar surface area (TPSA) is 55.4 Å². The molecular formula is C13H21N3O2S. The van der Waals surface area contributed by atoms with Gasteiger partial charge in [-0.3, -0.25) is 4.98 Å². The number of nitrogens with one attached hydrogen (secondary N) is 2. The Kier molecular flexibility index (Phi) is 8.04. The van der Waals surface area contributed by atoms with Crippen LogP contribution in [-0.4, -0.2) is 36.1 Å². The van der Waals surface area contributed by atoms with E-state index in [-0.39, 0.29) is 6.29 Å². The van der Waals surface area contributed by atoms with E-state index in [4.69, 9.17) is 21.7 Å². The fourth-order valence-corrected chi connectivity index (χ4v) is 1.61. The fourth-order valence-electron chi connectivity index (χ4n) is 1.45. The van der Waals surface area contributed by atoms with Crippen molar-refractivity contribution < 1.29 is 9.47 Å². The Morgan fingerprint density at radius 1 is 1.26 bits per heavy atom. The molecule has 0 unspecified atom stereocenters. The molecule has 0 aromatic carbocycles. The van der Waals surface area contributed by atoms with E-state index < -0.39 is 0 Å². The molecule has 106 valence electrons. The van der Waals surface area contributed by atoms with Crippen LogP contribution >= 0.6 is 12.2 Å². The van der Waals surface area contributed by atoms with E-state index in [0.717, 1.165) is 5.69 Å². The molecule has 2 N–H and O–H groups in total. The van der Waals surface area contributed by atoms with E-state index in [9.17, 15) is 0 Å². The van der Waals surface area contributed by atoms with E-state index in [1.807, 2.05) is 32.0 Å². The second-order valence-corrected chi connectivity index (χ2v) is 4.13. The minimum atomic E-state index is -0.274. The number of hydrogen-bond acceptors (Lipinski definition) is 4. The maximum absolute atomic E-state index is 5.41. The van der Waals surface area contributed by atoms with Crippen LogP contribution in [0.3, 0.4) is 0 Å². The normalized spacial score (nSPS) is 10.5. The summed E-state index contributed by atoms with van der Waals surface area (Å²) in [6.07, 6.45) is 1.48. The van der Waals surface area contributed by atoms with Gasteiger partial charge in [0.25, 0.3) is 0 Å². The monoisotopic (exact) mass is 283 g/mol. The molecule has 1 aromatic heterocycles. The molecule has 6 heteroatoms. The van der Waals surface area contributed by atoms with Crippen molar-refractivity contribution in [2.45, 2.75) is 26.7 Å². The lowest BCUT2D eigenvalue weighted by molar-refractivity contribution is -0.131. The van der Waals surface area contributed by atoms with E-state index in [0.29, 0.717) is 31.4 Å². The smallest absolute Gasteiger partial charge is 0.174 e. The van der Waals surface area contributed by atoms with Crippen molar-refractivity contribution in [3.05, 3.63) is 30.1 Å². The summed E-state index contributed by atoms with van der Waals surface area (Å²) >= 11 is 5.18. The van der Waals surface area contributed by atoms with Gasteiger partial charge in [0.05, 0.1) is 18.8 Å². The molecule has 0 atom stereocenters. The maximum atomic E-state index is 5.41. The molecule has 0 spiro atoms. The van der Waals surface area contributed by atoms with Gasteiger partial charge in [-0.05, 0) is 38.2 Å². The molecular weight excluding hydrogens is 262 g/mol. The van der Waals surface area contributed by atoms with Crippen molar-refractivity contribution in [3.63, 3.8) is 0 Å². The summed E-state index contributed by atoms with van der Waals surface area (Å²) in [5, 5.41) is 6.72. The number of ether oxygens (including phenoxy) is 2. The molecule has 0 bridgehead atoms. The van der Waals surface area contributed by atoms with Gasteiger partial charge < -0.3 is 20.1 Å². The molecule has 1 aromatic rings. The Hall–Kier alpha value is -1.24. The van der Waals surface area contributed by atoms with E-state index in [1.54, 1.807) is 6.20 Å². The minimum absolute atomic E-state index is 0.274. The third-order valence-electron chi connectivity index (χ3n) is 2.29. The Labute approximate surface area is 119 Å². The lowest BCUT2D eigenvalue weighted by Gasteiger charge is -2.18. The van der Waals surface area contributed by atoms with Gasteiger partial charge in [0, 0.05) is 19.4 Å². The third kappa shape index (κ3) is 7.05. The summed E-state index contributed by atoms with van der Waals surface area (Å²) < 4.78 is 10.8. The Bertz CT molecular complexity index is 356. The highest BCUT2D eigenvalue weighted by Crippen LogP contribution is 1.94. The Balaban J connectivity index is 2.23. The number of hydrogen-bond donors (Lipinski definition) is 2. The standard InChI is InChI=1S/C13H21N3O2S/c1-3-17-12(18-4-2)10-16-13(19)15-9-11-7-5-6-8-14-11/h5-8,12H,3-4,9-10H2,1-2H3,(H2,15,16,19). The van der Waals surface area contributed by atoms with Crippen molar-refractivity contribution in [3.8, 4) is 0 Å². The van der Waals surface area contributed by atoms with Crippen LogP contribution in [0, 0.1) is 0 Å². The van der Waals surface area contributed by atoms with Crippen LogP contribution in [0.5, 0.6) is 0 Å². The van der Waals surface area contributed by atoms with Crippen molar-refractivity contribution in [1.29, 1.82) is 0 Å². The zero-order valence-electron chi connectivity index (χ0n) is 11.4. The van der Waals surface area contributed by atoms with Crippen LogP contribution in [0.2, 0.25) is 0 Å². The van der Waals surface area contributed by atoms with Gasteiger partial charge in [0.1, 0.15) is 0 Å². The van der Waals surface area contributed by atoms with Gasteiger partial charge in [-0.25, -0.2) is 0 Å². The van der Waals surface area contributed by atoms with Crippen molar-refractivity contribution >= 4 is 17.3 Å². The predicted molar refractivity (Wildman–Crippen MR) is 78.7 cm³/mol. The molecule has 1 rings (SSSR count). The lowest BCUT2D eigenvalue weighted by Crippen LogP contribution is -2.41.